The minimum Gasteiger partial charge on any atom is -0.481 e. The molecule has 0 unspecified atom stereocenters. The number of pyridine rings is 1. The quantitative estimate of drug-likeness (QED) is 0.707. The van der Waals surface area contributed by atoms with Gasteiger partial charge in [0.1, 0.15) is 0 Å². The molecule has 0 bridgehead atoms. The predicted molar refractivity (Wildman–Crippen MR) is 84.7 cm³/mol. The Morgan fingerprint density at radius 2 is 2.05 bits per heavy atom. The van der Waals surface area contributed by atoms with E-state index in [0.717, 1.165) is 24.1 Å². The number of carbonyl (C=O) groups excluding carboxylic acids is 1. The lowest BCUT2D eigenvalue weighted by atomic mass is 9.94. The normalized spacial score (nSPS) is 21.9. The summed E-state index contributed by atoms with van der Waals surface area (Å²) in [6.07, 6.45) is 7.46. The lowest BCUT2D eigenvalue weighted by Crippen LogP contribution is -2.42. The molecule has 20 heavy (non-hydrogen) atoms. The van der Waals surface area contributed by atoms with E-state index in [2.05, 4.69) is 36.8 Å². The Labute approximate surface area is 135 Å². The number of rotatable bonds is 2. The Morgan fingerprint density at radius 3 is 2.70 bits per heavy atom. The number of alkyl halides is 2. The molecule has 0 radical (unpaired) electrons. The summed E-state index contributed by atoms with van der Waals surface area (Å²) in [5.41, 5.74) is 1.76. The van der Waals surface area contributed by atoms with Crippen molar-refractivity contribution in [2.45, 2.75) is 41.4 Å². The molecule has 0 N–H and O–H groups in total. The highest BCUT2D eigenvalue weighted by atomic mass is 79.9. The van der Waals surface area contributed by atoms with Crippen molar-refractivity contribution in [1.29, 1.82) is 0 Å². The molecule has 1 fully saturated rings. The van der Waals surface area contributed by atoms with Crippen LogP contribution < -0.4 is 9.64 Å². The first-order valence-corrected chi connectivity index (χ1v) is 8.40. The van der Waals surface area contributed by atoms with Crippen LogP contribution in [0.2, 0.25) is 0 Å². The summed E-state index contributed by atoms with van der Waals surface area (Å²) in [5.74, 6) is 0.574. The van der Waals surface area contributed by atoms with Crippen LogP contribution in [0.4, 0.5) is 5.69 Å². The van der Waals surface area contributed by atoms with Gasteiger partial charge >= 0.3 is 0 Å². The number of anilines is 1. The fourth-order valence-electron chi connectivity index (χ4n) is 3.06. The van der Waals surface area contributed by atoms with E-state index in [-0.39, 0.29) is 11.9 Å². The molecule has 1 aromatic rings. The molecule has 1 amide bonds. The van der Waals surface area contributed by atoms with Gasteiger partial charge in [-0.15, -0.1) is 0 Å². The highest BCUT2D eigenvalue weighted by Gasteiger charge is 2.50. The van der Waals surface area contributed by atoms with Gasteiger partial charge in [-0.2, -0.15) is 0 Å². The molecular weight excluding hydrogens is 388 g/mol. The second-order valence-electron chi connectivity index (χ2n) is 5.29. The van der Waals surface area contributed by atoms with E-state index in [0.29, 0.717) is 5.88 Å². The van der Waals surface area contributed by atoms with Crippen molar-refractivity contribution in [2.24, 2.45) is 0 Å². The van der Waals surface area contributed by atoms with Crippen LogP contribution in [0.3, 0.4) is 0 Å². The summed E-state index contributed by atoms with van der Waals surface area (Å²) in [4.78, 5) is 18.9. The smallest absolute Gasteiger partial charge is 0.259 e. The maximum absolute atomic E-state index is 12.7. The van der Waals surface area contributed by atoms with Crippen molar-refractivity contribution >= 4 is 43.5 Å². The Bertz CT molecular complexity index is 542. The monoisotopic (exact) mass is 402 g/mol. The zero-order chi connectivity index (χ0) is 14.3. The third-order valence-corrected chi connectivity index (χ3v) is 5.62. The number of hydrogen-bond acceptors (Lipinski definition) is 3. The molecule has 6 heteroatoms. The van der Waals surface area contributed by atoms with Gasteiger partial charge < -0.3 is 9.64 Å². The maximum Gasteiger partial charge on any atom is 0.259 e. The van der Waals surface area contributed by atoms with E-state index in [4.69, 9.17) is 4.74 Å². The Morgan fingerprint density at radius 1 is 1.35 bits per heavy atom. The summed E-state index contributed by atoms with van der Waals surface area (Å²) in [6, 6.07) is 2.13. The fourth-order valence-corrected chi connectivity index (χ4v) is 4.05. The lowest BCUT2D eigenvalue weighted by molar-refractivity contribution is -0.118. The van der Waals surface area contributed by atoms with Gasteiger partial charge in [-0.1, -0.05) is 51.1 Å². The molecule has 0 saturated heterocycles. The second-order valence-corrected chi connectivity index (χ2v) is 8.73. The minimum absolute atomic E-state index is 0.0365. The molecule has 1 aliphatic heterocycles. The van der Waals surface area contributed by atoms with E-state index in [1.54, 1.807) is 13.3 Å². The highest BCUT2D eigenvalue weighted by molar-refractivity contribution is 9.25. The number of amides is 1. The molecule has 2 aliphatic rings. The van der Waals surface area contributed by atoms with Crippen LogP contribution in [0.25, 0.3) is 0 Å². The van der Waals surface area contributed by atoms with Crippen LogP contribution in [0.1, 0.15) is 37.7 Å². The van der Waals surface area contributed by atoms with Crippen LogP contribution in [0, 0.1) is 0 Å². The minimum atomic E-state index is -0.855. The van der Waals surface area contributed by atoms with Crippen molar-refractivity contribution in [3.05, 3.63) is 17.8 Å². The van der Waals surface area contributed by atoms with E-state index in [1.165, 1.54) is 19.3 Å². The SMILES string of the molecule is COc1cc2c(cn1)C(Br)(Br)C(=O)N2C1CCCCC1. The summed E-state index contributed by atoms with van der Waals surface area (Å²) in [7, 11) is 1.59. The lowest BCUT2D eigenvalue weighted by Gasteiger charge is -2.32. The fraction of sp³-hybridized carbons (Fsp3) is 0.571. The van der Waals surface area contributed by atoms with Gasteiger partial charge in [0, 0.05) is 23.9 Å². The second kappa shape index (κ2) is 5.30. The number of nitrogens with zero attached hydrogens (tertiary/aromatic N) is 2. The van der Waals surface area contributed by atoms with E-state index >= 15 is 0 Å². The molecule has 0 aromatic carbocycles. The summed E-state index contributed by atoms with van der Waals surface area (Å²) < 4.78 is 4.34. The predicted octanol–water partition coefficient (Wildman–Crippen LogP) is 3.71. The van der Waals surface area contributed by atoms with Crippen molar-refractivity contribution < 1.29 is 9.53 Å². The molecule has 4 nitrogen and oxygen atoms in total. The van der Waals surface area contributed by atoms with Gasteiger partial charge in [0.05, 0.1) is 12.8 Å². The van der Waals surface area contributed by atoms with Gasteiger partial charge in [0.2, 0.25) is 5.88 Å². The topological polar surface area (TPSA) is 42.4 Å². The van der Waals surface area contributed by atoms with E-state index in [1.807, 2.05) is 11.0 Å². The summed E-state index contributed by atoms with van der Waals surface area (Å²) >= 11 is 7.01. The molecule has 0 spiro atoms. The average molecular weight is 404 g/mol. The van der Waals surface area contributed by atoms with E-state index < -0.39 is 3.23 Å². The zero-order valence-corrected chi connectivity index (χ0v) is 14.4. The first-order valence-electron chi connectivity index (χ1n) is 6.81. The molecule has 1 saturated carbocycles. The third kappa shape index (κ3) is 2.17. The van der Waals surface area contributed by atoms with Crippen molar-refractivity contribution in [2.75, 3.05) is 12.0 Å². The Kier molecular flexibility index (Phi) is 3.79. The van der Waals surface area contributed by atoms with Crippen LogP contribution in [-0.2, 0) is 8.03 Å². The summed E-state index contributed by atoms with van der Waals surface area (Å²) in [6.45, 7) is 0. The number of aromatic nitrogens is 1. The highest BCUT2D eigenvalue weighted by Crippen LogP contribution is 2.52. The molecule has 0 atom stereocenters. The Balaban J connectivity index is 2.05. The van der Waals surface area contributed by atoms with Crippen molar-refractivity contribution in [3.63, 3.8) is 0 Å². The molecule has 2 heterocycles. The first kappa shape index (κ1) is 14.3. The van der Waals surface area contributed by atoms with Gasteiger partial charge in [-0.25, -0.2) is 4.98 Å². The van der Waals surface area contributed by atoms with Crippen molar-refractivity contribution in [3.8, 4) is 5.88 Å². The number of fused-ring (bicyclic) bond motifs is 1. The largest absolute Gasteiger partial charge is 0.481 e. The van der Waals surface area contributed by atoms with E-state index in [9.17, 15) is 4.79 Å². The van der Waals surface area contributed by atoms with Gasteiger partial charge in [-0.05, 0) is 12.8 Å². The maximum atomic E-state index is 12.7. The average Bonchev–Trinajstić information content (AvgIpc) is 2.67. The van der Waals surface area contributed by atoms with Crippen molar-refractivity contribution in [1.82, 2.24) is 4.98 Å². The van der Waals surface area contributed by atoms with Crippen LogP contribution in [-0.4, -0.2) is 24.0 Å². The molecule has 108 valence electrons. The molecular formula is C14H16Br2N2O2. The molecule has 1 aromatic heterocycles. The van der Waals surface area contributed by atoms with Gasteiger partial charge in [0.15, 0.2) is 3.23 Å². The van der Waals surface area contributed by atoms with Crippen LogP contribution in [0.15, 0.2) is 12.3 Å². The van der Waals surface area contributed by atoms with Gasteiger partial charge in [-0.3, -0.25) is 4.79 Å². The first-order chi connectivity index (χ1) is 9.55. The molecule has 3 rings (SSSR count). The number of methoxy groups -OCH3 is 1. The number of ether oxygens (including phenoxy) is 1. The number of halogens is 2. The number of carbonyl (C=O) groups is 1. The number of hydrogen-bond donors (Lipinski definition) is 0. The zero-order valence-electron chi connectivity index (χ0n) is 11.2. The van der Waals surface area contributed by atoms with Crippen LogP contribution in [0.5, 0.6) is 5.88 Å². The van der Waals surface area contributed by atoms with Gasteiger partial charge in [0.25, 0.3) is 5.91 Å². The summed E-state index contributed by atoms with van der Waals surface area (Å²) in [5, 5.41) is 0. The molecule has 1 aliphatic carbocycles. The third-order valence-electron chi connectivity index (χ3n) is 4.09. The Hall–Kier alpha value is -0.620. The standard InChI is InChI=1S/C14H16Br2N2O2/c1-20-12-7-11-10(8-17-12)14(15,16)13(19)18(11)9-5-3-2-4-6-9/h7-9H,2-6H2,1H3. The van der Waals surface area contributed by atoms with Crippen LogP contribution >= 0.6 is 31.9 Å².